The Morgan fingerprint density at radius 1 is 0.806 bits per heavy atom. The average Bonchev–Trinajstić information content (AvgIpc) is 3.97. The minimum absolute atomic E-state index is 0.0185. The molecule has 2 fully saturated rings. The number of nitrogens with zero attached hydrogens (tertiary/aromatic N) is 3. The van der Waals surface area contributed by atoms with Gasteiger partial charge in [-0.25, -0.2) is 4.79 Å². The molecular formula is C46H53N4O9PS2. The average molecular weight is 901 g/mol. The monoisotopic (exact) mass is 900 g/mol. The first-order valence-electron chi connectivity index (χ1n) is 20.5. The molecule has 62 heavy (non-hydrogen) atoms. The Morgan fingerprint density at radius 2 is 1.42 bits per heavy atom. The van der Waals surface area contributed by atoms with Crippen molar-refractivity contribution in [2.45, 2.75) is 43.0 Å². The van der Waals surface area contributed by atoms with Crippen molar-refractivity contribution in [3.63, 3.8) is 0 Å². The maximum atomic E-state index is 13.5. The number of methoxy groups -OCH3 is 3. The van der Waals surface area contributed by atoms with Crippen molar-refractivity contribution < 1.29 is 37.7 Å². The van der Waals surface area contributed by atoms with Crippen LogP contribution in [0.15, 0.2) is 126 Å². The van der Waals surface area contributed by atoms with Crippen LogP contribution in [-0.2, 0) is 29.1 Å². The zero-order valence-corrected chi connectivity index (χ0v) is 37.6. The van der Waals surface area contributed by atoms with Gasteiger partial charge < -0.3 is 38.7 Å². The summed E-state index contributed by atoms with van der Waals surface area (Å²) in [7, 11) is 3.60. The van der Waals surface area contributed by atoms with Crippen molar-refractivity contribution in [3.8, 4) is 11.5 Å². The molecule has 0 spiro atoms. The largest absolute Gasteiger partial charge is 0.497 e. The normalized spacial score (nSPS) is 19.7. The van der Waals surface area contributed by atoms with Gasteiger partial charge >= 0.3 is 5.69 Å². The molecule has 16 heteroatoms. The molecule has 328 valence electrons. The second kappa shape index (κ2) is 22.4. The van der Waals surface area contributed by atoms with Gasteiger partial charge in [0.25, 0.3) is 0 Å². The SMILES string of the molecule is COCCOC1[C@@H](OP(SCCSC(=O)c2ccccc2)N2CCCC2)[C@@H](COC(c2ccccc2)(c2ccc(OC)cc2)c2ccc(OC)cc2)O[C@H]1n1ccc(N)nc1=O. The third kappa shape index (κ3) is 10.9. The molecule has 0 bridgehead atoms. The Kier molecular flexibility index (Phi) is 16.5. The molecule has 5 atom stereocenters. The summed E-state index contributed by atoms with van der Waals surface area (Å²) in [6, 6.07) is 36.6. The number of carbonyl (C=O) groups is 1. The van der Waals surface area contributed by atoms with Crippen molar-refractivity contribution in [2.75, 3.05) is 71.5 Å². The van der Waals surface area contributed by atoms with E-state index in [9.17, 15) is 9.59 Å². The molecule has 0 aliphatic carbocycles. The van der Waals surface area contributed by atoms with Crippen LogP contribution in [0.1, 0.15) is 46.1 Å². The number of carbonyl (C=O) groups excluding carboxylic acids is 1. The molecule has 4 aromatic carbocycles. The summed E-state index contributed by atoms with van der Waals surface area (Å²) in [5.74, 6) is 2.78. The Labute approximate surface area is 372 Å². The summed E-state index contributed by atoms with van der Waals surface area (Å²) in [6.45, 7) is 2.28. The van der Waals surface area contributed by atoms with E-state index in [-0.39, 0.29) is 24.1 Å². The van der Waals surface area contributed by atoms with Crippen LogP contribution >= 0.6 is 30.6 Å². The highest BCUT2D eigenvalue weighted by Gasteiger charge is 2.51. The van der Waals surface area contributed by atoms with Crippen molar-refractivity contribution in [3.05, 3.63) is 154 Å². The number of nitrogen functional groups attached to an aromatic ring is 1. The molecule has 2 unspecified atom stereocenters. The van der Waals surface area contributed by atoms with Crippen LogP contribution in [0.5, 0.6) is 11.5 Å². The van der Waals surface area contributed by atoms with E-state index < -0.39 is 43.3 Å². The Morgan fingerprint density at radius 3 is 2.02 bits per heavy atom. The molecule has 2 N–H and O–H groups in total. The Hall–Kier alpha value is -4.28. The van der Waals surface area contributed by atoms with Crippen molar-refractivity contribution in [1.29, 1.82) is 0 Å². The van der Waals surface area contributed by atoms with Crippen LogP contribution in [-0.4, -0.2) is 103 Å². The predicted octanol–water partition coefficient (Wildman–Crippen LogP) is 7.80. The van der Waals surface area contributed by atoms with Gasteiger partial charge in [-0.2, -0.15) is 4.98 Å². The molecule has 0 amide bonds. The summed E-state index contributed by atoms with van der Waals surface area (Å²) >= 11 is 3.00. The van der Waals surface area contributed by atoms with Crippen molar-refractivity contribution in [2.24, 2.45) is 0 Å². The minimum atomic E-state index is -1.28. The van der Waals surface area contributed by atoms with Crippen LogP contribution in [0.2, 0.25) is 0 Å². The molecule has 5 aromatic rings. The van der Waals surface area contributed by atoms with E-state index in [4.69, 9.17) is 38.7 Å². The number of aromatic nitrogens is 2. The fourth-order valence-electron chi connectivity index (χ4n) is 7.59. The zero-order valence-electron chi connectivity index (χ0n) is 35.1. The van der Waals surface area contributed by atoms with E-state index >= 15 is 0 Å². The van der Waals surface area contributed by atoms with E-state index in [1.807, 2.05) is 109 Å². The number of hydrogen-bond donors (Lipinski definition) is 1. The summed E-state index contributed by atoms with van der Waals surface area (Å²) in [4.78, 5) is 30.6. The number of benzene rings is 4. The second-order valence-electron chi connectivity index (χ2n) is 14.6. The number of nitrogens with two attached hydrogens (primary N) is 1. The topological polar surface area (TPSA) is 146 Å². The smallest absolute Gasteiger partial charge is 0.351 e. The number of hydrogen-bond acceptors (Lipinski definition) is 14. The van der Waals surface area contributed by atoms with Gasteiger partial charge in [-0.15, -0.1) is 0 Å². The molecule has 13 nitrogen and oxygen atoms in total. The van der Waals surface area contributed by atoms with Crippen molar-refractivity contribution in [1.82, 2.24) is 14.2 Å². The van der Waals surface area contributed by atoms with Gasteiger partial charge in [-0.3, -0.25) is 14.0 Å². The van der Waals surface area contributed by atoms with Gasteiger partial charge in [0.05, 0.1) is 34.0 Å². The molecule has 2 aliphatic rings. The first-order chi connectivity index (χ1) is 30.3. The summed E-state index contributed by atoms with van der Waals surface area (Å²) in [5.41, 5.74) is 7.48. The van der Waals surface area contributed by atoms with E-state index in [1.165, 1.54) is 16.3 Å². The lowest BCUT2D eigenvalue weighted by Crippen LogP contribution is -2.42. The minimum Gasteiger partial charge on any atom is -0.497 e. The first kappa shape index (κ1) is 45.7. The standard InChI is InChI=1S/C46H53N4O9PS2/c1-53-28-29-56-42-41(59-60(49-25-10-11-26-49)62-31-30-61-44(51)33-12-6-4-7-13-33)39(58-43(42)50-27-24-40(47)48-45(50)52)32-57-46(34-14-8-5-9-15-34,35-16-20-37(54-2)21-17-35)36-18-22-38(55-3)23-19-36/h4-9,12-24,27,39,41-43H,10-11,25-26,28-32H2,1-3H3,(H2,47,48,52)/t39-,41+,42?,43-,60?/m1/s1. The van der Waals surface area contributed by atoms with Crippen LogP contribution in [0, 0.1) is 0 Å². The summed E-state index contributed by atoms with van der Waals surface area (Å²) < 4.78 is 48.5. The number of ether oxygens (including phenoxy) is 6. The fourth-order valence-corrected chi connectivity index (χ4v) is 12.9. The number of anilines is 1. The first-order valence-corrected chi connectivity index (χ1v) is 24.3. The van der Waals surface area contributed by atoms with Crippen LogP contribution < -0.4 is 20.9 Å². The third-order valence-electron chi connectivity index (χ3n) is 10.7. The van der Waals surface area contributed by atoms with Gasteiger partial charge in [0.15, 0.2) is 13.7 Å². The van der Waals surface area contributed by atoms with Gasteiger partial charge in [0.1, 0.15) is 41.2 Å². The molecule has 2 aliphatic heterocycles. The number of thioether (sulfide) groups is 1. The molecule has 0 radical (unpaired) electrons. The van der Waals surface area contributed by atoms with Gasteiger partial charge in [-0.05, 0) is 59.9 Å². The highest BCUT2D eigenvalue weighted by Crippen LogP contribution is 2.58. The molecule has 7 rings (SSSR count). The molecular weight excluding hydrogens is 848 g/mol. The van der Waals surface area contributed by atoms with Gasteiger partial charge in [0, 0.05) is 43.5 Å². The van der Waals surface area contributed by atoms with Gasteiger partial charge in [-0.1, -0.05) is 108 Å². The van der Waals surface area contributed by atoms with Crippen LogP contribution in [0.25, 0.3) is 0 Å². The lowest BCUT2D eigenvalue weighted by molar-refractivity contribution is -0.0989. The molecule has 1 aromatic heterocycles. The second-order valence-corrected chi connectivity index (χ2v) is 19.3. The summed E-state index contributed by atoms with van der Waals surface area (Å²) in [6.07, 6.45) is 0.465. The van der Waals surface area contributed by atoms with E-state index in [1.54, 1.807) is 45.0 Å². The predicted molar refractivity (Wildman–Crippen MR) is 245 cm³/mol. The number of rotatable bonds is 21. The maximum absolute atomic E-state index is 13.5. The zero-order chi connectivity index (χ0) is 43.3. The van der Waals surface area contributed by atoms with Gasteiger partial charge in [0.2, 0.25) is 5.12 Å². The Bertz CT molecular complexity index is 2170. The molecule has 0 saturated carbocycles. The fraction of sp³-hybridized carbons (Fsp3) is 0.370. The highest BCUT2D eigenvalue weighted by atomic mass is 32.7. The maximum Gasteiger partial charge on any atom is 0.351 e. The van der Waals surface area contributed by atoms with Crippen molar-refractivity contribution >= 4 is 41.6 Å². The van der Waals surface area contributed by atoms with E-state index in [0.717, 1.165) is 42.6 Å². The quantitative estimate of drug-likeness (QED) is 0.0434. The molecule has 3 heterocycles. The summed E-state index contributed by atoms with van der Waals surface area (Å²) in [5, 5.41) is 0.0339. The van der Waals surface area contributed by atoms with Crippen LogP contribution in [0.4, 0.5) is 5.82 Å². The molecule has 2 saturated heterocycles. The van der Waals surface area contributed by atoms with E-state index in [2.05, 4.69) is 9.65 Å². The lowest BCUT2D eigenvalue weighted by atomic mass is 9.80. The van der Waals surface area contributed by atoms with Crippen LogP contribution in [0.3, 0.4) is 0 Å². The lowest BCUT2D eigenvalue weighted by Gasteiger charge is -2.38. The van der Waals surface area contributed by atoms with E-state index in [0.29, 0.717) is 35.2 Å². The highest BCUT2D eigenvalue weighted by molar-refractivity contribution is 8.53. The third-order valence-corrected chi connectivity index (χ3v) is 15.9. The Balaban J connectivity index is 1.26.